The molecule has 1 atom stereocenters. The Morgan fingerprint density at radius 1 is 0.930 bits per heavy atom. The van der Waals surface area contributed by atoms with E-state index in [2.05, 4.69) is 5.32 Å². The van der Waals surface area contributed by atoms with Crippen molar-refractivity contribution in [2.24, 2.45) is 0 Å². The highest BCUT2D eigenvalue weighted by Gasteiger charge is 2.34. The number of halogens is 2. The standard InChI is InChI=1S/C33H39Cl2N3O4S/c1-4-31(33(40)36-27-11-7-5-8-12-27)37(21-25-16-17-26(34)20-30(25)35)32(39)22-38(28-18-15-23(2)24(3)19-28)43(41,42)29-13-9-6-10-14-29/h6,9-10,13-20,27,31H,4-5,7-8,11-12,21-22H2,1-3H3,(H,36,40)/t31-/m1/s1. The molecule has 0 radical (unpaired) electrons. The van der Waals surface area contributed by atoms with Crippen molar-refractivity contribution in [3.63, 3.8) is 0 Å². The maximum atomic E-state index is 14.3. The fraction of sp³-hybridized carbons (Fsp3) is 0.394. The number of sulfonamides is 1. The molecule has 0 aromatic heterocycles. The van der Waals surface area contributed by atoms with E-state index in [1.54, 1.807) is 48.5 Å². The van der Waals surface area contributed by atoms with Crippen LogP contribution < -0.4 is 9.62 Å². The molecule has 1 aliphatic rings. The van der Waals surface area contributed by atoms with Gasteiger partial charge in [0.15, 0.2) is 0 Å². The van der Waals surface area contributed by atoms with E-state index in [1.165, 1.54) is 17.0 Å². The van der Waals surface area contributed by atoms with Crippen LogP contribution in [-0.4, -0.2) is 43.8 Å². The second-order valence-corrected chi connectivity index (χ2v) is 13.8. The van der Waals surface area contributed by atoms with Gasteiger partial charge in [0.05, 0.1) is 10.6 Å². The lowest BCUT2D eigenvalue weighted by atomic mass is 9.95. The molecule has 1 aliphatic carbocycles. The lowest BCUT2D eigenvalue weighted by molar-refractivity contribution is -0.140. The summed E-state index contributed by atoms with van der Waals surface area (Å²) in [6.45, 7) is 5.19. The molecule has 0 spiro atoms. The quantitative estimate of drug-likeness (QED) is 0.242. The number of benzene rings is 3. The molecule has 43 heavy (non-hydrogen) atoms. The predicted molar refractivity (Wildman–Crippen MR) is 173 cm³/mol. The van der Waals surface area contributed by atoms with Crippen LogP contribution in [0.1, 0.15) is 62.1 Å². The summed E-state index contributed by atoms with van der Waals surface area (Å²) >= 11 is 12.6. The molecule has 7 nitrogen and oxygen atoms in total. The largest absolute Gasteiger partial charge is 0.352 e. The Balaban J connectivity index is 1.73. The average molecular weight is 645 g/mol. The summed E-state index contributed by atoms with van der Waals surface area (Å²) < 4.78 is 29.2. The van der Waals surface area contributed by atoms with E-state index in [-0.39, 0.29) is 23.4 Å². The Labute approximate surface area is 265 Å². The Morgan fingerprint density at radius 3 is 2.26 bits per heavy atom. The summed E-state index contributed by atoms with van der Waals surface area (Å²) in [7, 11) is -4.13. The van der Waals surface area contributed by atoms with Crippen molar-refractivity contribution in [1.82, 2.24) is 10.2 Å². The van der Waals surface area contributed by atoms with E-state index in [1.807, 2.05) is 26.8 Å². The molecule has 3 aromatic rings. The minimum atomic E-state index is -4.13. The van der Waals surface area contributed by atoms with Crippen molar-refractivity contribution < 1.29 is 18.0 Å². The molecule has 2 amide bonds. The Hall–Kier alpha value is -3.07. The second kappa shape index (κ2) is 14.6. The SMILES string of the molecule is CC[C@H](C(=O)NC1CCCCC1)N(Cc1ccc(Cl)cc1Cl)C(=O)CN(c1ccc(C)c(C)c1)S(=O)(=O)c1ccccc1. The first kappa shape index (κ1) is 32.8. The topological polar surface area (TPSA) is 86.8 Å². The number of aryl methyl sites for hydroxylation is 2. The van der Waals surface area contributed by atoms with Gasteiger partial charge in [-0.3, -0.25) is 13.9 Å². The molecular weight excluding hydrogens is 605 g/mol. The van der Waals surface area contributed by atoms with Gasteiger partial charge in [0.1, 0.15) is 12.6 Å². The maximum Gasteiger partial charge on any atom is 0.264 e. The second-order valence-electron chi connectivity index (χ2n) is 11.1. The molecule has 0 unspecified atom stereocenters. The molecule has 0 heterocycles. The van der Waals surface area contributed by atoms with E-state index in [0.717, 1.165) is 47.5 Å². The molecule has 0 saturated heterocycles. The number of carbonyl (C=O) groups excluding carboxylic acids is 2. The van der Waals surface area contributed by atoms with Crippen molar-refractivity contribution in [1.29, 1.82) is 0 Å². The van der Waals surface area contributed by atoms with E-state index in [9.17, 15) is 18.0 Å². The summed E-state index contributed by atoms with van der Waals surface area (Å²) in [6, 6.07) is 17.5. The predicted octanol–water partition coefficient (Wildman–Crippen LogP) is 7.06. The van der Waals surface area contributed by atoms with Gasteiger partial charge < -0.3 is 10.2 Å². The zero-order valence-electron chi connectivity index (χ0n) is 24.9. The zero-order chi connectivity index (χ0) is 31.1. The van der Waals surface area contributed by atoms with Gasteiger partial charge in [0.2, 0.25) is 11.8 Å². The van der Waals surface area contributed by atoms with Gasteiger partial charge in [-0.25, -0.2) is 8.42 Å². The highest BCUT2D eigenvalue weighted by Crippen LogP contribution is 2.28. The molecule has 1 fully saturated rings. The third-order valence-corrected chi connectivity index (χ3v) is 10.5. The maximum absolute atomic E-state index is 14.3. The lowest BCUT2D eigenvalue weighted by Gasteiger charge is -2.34. The zero-order valence-corrected chi connectivity index (χ0v) is 27.2. The molecule has 230 valence electrons. The van der Waals surface area contributed by atoms with Crippen molar-refractivity contribution in [3.8, 4) is 0 Å². The van der Waals surface area contributed by atoms with Gasteiger partial charge in [-0.1, -0.05) is 79.7 Å². The molecular formula is C33H39Cl2N3O4S. The van der Waals surface area contributed by atoms with Crippen LogP contribution in [0, 0.1) is 13.8 Å². The molecule has 3 aromatic carbocycles. The minimum Gasteiger partial charge on any atom is -0.352 e. The lowest BCUT2D eigenvalue weighted by Crippen LogP contribution is -2.54. The van der Waals surface area contributed by atoms with Crippen LogP contribution in [0.2, 0.25) is 10.0 Å². The van der Waals surface area contributed by atoms with Crippen molar-refractivity contribution in [2.75, 3.05) is 10.8 Å². The number of hydrogen-bond donors (Lipinski definition) is 1. The summed E-state index contributed by atoms with van der Waals surface area (Å²) in [5.41, 5.74) is 2.86. The number of nitrogens with one attached hydrogen (secondary N) is 1. The van der Waals surface area contributed by atoms with Crippen LogP contribution in [-0.2, 0) is 26.2 Å². The van der Waals surface area contributed by atoms with Crippen LogP contribution >= 0.6 is 23.2 Å². The third-order valence-electron chi connectivity index (χ3n) is 8.08. The minimum absolute atomic E-state index is 0.0115. The van der Waals surface area contributed by atoms with Crippen LogP contribution in [0.5, 0.6) is 0 Å². The fourth-order valence-corrected chi connectivity index (χ4v) is 7.32. The number of carbonyl (C=O) groups is 2. The van der Waals surface area contributed by atoms with Gasteiger partial charge in [0.25, 0.3) is 10.0 Å². The van der Waals surface area contributed by atoms with Crippen molar-refractivity contribution in [2.45, 2.75) is 82.8 Å². The van der Waals surface area contributed by atoms with Crippen LogP contribution in [0.3, 0.4) is 0 Å². The summed E-state index contributed by atoms with van der Waals surface area (Å²) in [5, 5.41) is 3.96. The number of amides is 2. The molecule has 1 N–H and O–H groups in total. The Bertz CT molecular complexity index is 1540. The van der Waals surface area contributed by atoms with Gasteiger partial charge in [-0.2, -0.15) is 0 Å². The summed E-state index contributed by atoms with van der Waals surface area (Å²) in [4.78, 5) is 29.5. The van der Waals surface area contributed by atoms with E-state index in [0.29, 0.717) is 27.7 Å². The first-order valence-corrected chi connectivity index (χ1v) is 16.9. The highest BCUT2D eigenvalue weighted by molar-refractivity contribution is 7.92. The number of anilines is 1. The first-order valence-electron chi connectivity index (χ1n) is 14.7. The summed E-state index contributed by atoms with van der Waals surface area (Å²) in [6.07, 6.45) is 5.38. The summed E-state index contributed by atoms with van der Waals surface area (Å²) in [5.74, 6) is -0.772. The number of rotatable bonds is 11. The van der Waals surface area contributed by atoms with Crippen molar-refractivity contribution >= 4 is 50.7 Å². The Morgan fingerprint density at radius 2 is 1.63 bits per heavy atom. The van der Waals surface area contributed by atoms with Crippen molar-refractivity contribution in [3.05, 3.63) is 93.5 Å². The fourth-order valence-electron chi connectivity index (χ4n) is 5.43. The number of nitrogens with zero attached hydrogens (tertiary/aromatic N) is 2. The molecule has 0 bridgehead atoms. The van der Waals surface area contributed by atoms with E-state index < -0.39 is 28.5 Å². The average Bonchev–Trinajstić information content (AvgIpc) is 2.99. The van der Waals surface area contributed by atoms with Gasteiger partial charge >= 0.3 is 0 Å². The van der Waals surface area contributed by atoms with Gasteiger partial charge in [-0.05, 0) is 86.2 Å². The molecule has 4 rings (SSSR count). The third kappa shape index (κ3) is 8.11. The number of hydrogen-bond acceptors (Lipinski definition) is 4. The molecule has 10 heteroatoms. The van der Waals surface area contributed by atoms with Crippen LogP contribution in [0.25, 0.3) is 0 Å². The van der Waals surface area contributed by atoms with Gasteiger partial charge in [0, 0.05) is 22.6 Å². The smallest absolute Gasteiger partial charge is 0.264 e. The molecule has 0 aliphatic heterocycles. The van der Waals surface area contributed by atoms with E-state index in [4.69, 9.17) is 23.2 Å². The first-order chi connectivity index (χ1) is 20.5. The normalized spacial score (nSPS) is 14.6. The monoisotopic (exact) mass is 643 g/mol. The van der Waals surface area contributed by atoms with E-state index >= 15 is 0 Å². The van der Waals surface area contributed by atoms with Crippen LogP contribution in [0.4, 0.5) is 5.69 Å². The highest BCUT2D eigenvalue weighted by atomic mass is 35.5. The van der Waals surface area contributed by atoms with Crippen LogP contribution in [0.15, 0.2) is 71.6 Å². The van der Waals surface area contributed by atoms with Gasteiger partial charge in [-0.15, -0.1) is 0 Å². The Kier molecular flexibility index (Phi) is 11.2. The molecule has 1 saturated carbocycles.